The summed E-state index contributed by atoms with van der Waals surface area (Å²) in [5, 5.41) is 0.619. The number of carbonyl (C=O) groups excluding carboxylic acids is 2. The van der Waals surface area contributed by atoms with E-state index in [1.165, 1.54) is 5.56 Å². The molecule has 2 aromatic carbocycles. The SMILES string of the molecule is O=C(c1ccc(Cl)cc1)N1CCC[C@H](C(=O)N2CCC(Cc3ccccc3)CC2)C1. The van der Waals surface area contributed by atoms with E-state index in [9.17, 15) is 9.59 Å². The highest BCUT2D eigenvalue weighted by atomic mass is 35.5. The van der Waals surface area contributed by atoms with Crippen LogP contribution in [0.25, 0.3) is 0 Å². The highest BCUT2D eigenvalue weighted by Gasteiger charge is 2.33. The van der Waals surface area contributed by atoms with Gasteiger partial charge in [-0.05, 0) is 67.9 Å². The second-order valence-corrected chi connectivity index (χ2v) is 8.99. The summed E-state index contributed by atoms with van der Waals surface area (Å²) in [7, 11) is 0. The third-order valence-electron chi connectivity index (χ3n) is 6.44. The lowest BCUT2D eigenvalue weighted by Gasteiger charge is -2.38. The average Bonchev–Trinajstić information content (AvgIpc) is 2.80. The molecule has 2 amide bonds. The van der Waals surface area contributed by atoms with Gasteiger partial charge in [0, 0.05) is 36.8 Å². The molecule has 2 saturated heterocycles. The van der Waals surface area contributed by atoms with Crippen LogP contribution in [0.4, 0.5) is 0 Å². The summed E-state index contributed by atoms with van der Waals surface area (Å²) < 4.78 is 0. The fourth-order valence-corrected chi connectivity index (χ4v) is 4.83. The third kappa shape index (κ3) is 5.04. The number of carbonyl (C=O) groups is 2. The number of rotatable bonds is 4. The molecule has 2 aromatic rings. The predicted octanol–water partition coefficient (Wildman–Crippen LogP) is 4.67. The Morgan fingerprint density at radius 2 is 1.57 bits per heavy atom. The molecule has 2 heterocycles. The van der Waals surface area contributed by atoms with Crippen LogP contribution in [0.5, 0.6) is 0 Å². The van der Waals surface area contributed by atoms with Crippen LogP contribution < -0.4 is 0 Å². The molecule has 5 heteroatoms. The maximum absolute atomic E-state index is 13.1. The van der Waals surface area contributed by atoms with E-state index in [2.05, 4.69) is 30.3 Å². The van der Waals surface area contributed by atoms with Crippen molar-refractivity contribution in [1.82, 2.24) is 9.80 Å². The van der Waals surface area contributed by atoms with E-state index < -0.39 is 0 Å². The van der Waals surface area contributed by atoms with Crippen molar-refractivity contribution in [3.05, 3.63) is 70.7 Å². The fourth-order valence-electron chi connectivity index (χ4n) is 4.70. The molecular formula is C25H29ClN2O2. The minimum atomic E-state index is -0.0827. The van der Waals surface area contributed by atoms with Crippen molar-refractivity contribution in [2.75, 3.05) is 26.2 Å². The van der Waals surface area contributed by atoms with Gasteiger partial charge in [0.1, 0.15) is 0 Å². The summed E-state index contributed by atoms with van der Waals surface area (Å²) in [6.45, 7) is 2.89. The Bertz CT molecular complexity index is 860. The van der Waals surface area contributed by atoms with Crippen LogP contribution in [0.1, 0.15) is 41.6 Å². The fraction of sp³-hybridized carbons (Fsp3) is 0.440. The van der Waals surface area contributed by atoms with E-state index in [1.54, 1.807) is 24.3 Å². The van der Waals surface area contributed by atoms with Gasteiger partial charge >= 0.3 is 0 Å². The van der Waals surface area contributed by atoms with E-state index in [0.29, 0.717) is 29.6 Å². The van der Waals surface area contributed by atoms with Gasteiger partial charge in [-0.25, -0.2) is 0 Å². The van der Waals surface area contributed by atoms with Gasteiger partial charge in [-0.2, -0.15) is 0 Å². The quantitative estimate of drug-likeness (QED) is 0.715. The van der Waals surface area contributed by atoms with Crippen LogP contribution in [-0.4, -0.2) is 47.8 Å². The maximum atomic E-state index is 13.1. The van der Waals surface area contributed by atoms with E-state index in [4.69, 9.17) is 11.6 Å². The second kappa shape index (κ2) is 9.65. The van der Waals surface area contributed by atoms with Gasteiger partial charge in [-0.3, -0.25) is 9.59 Å². The number of likely N-dealkylation sites (tertiary alicyclic amines) is 2. The molecule has 0 unspecified atom stereocenters. The highest BCUT2D eigenvalue weighted by Crippen LogP contribution is 2.26. The summed E-state index contributed by atoms with van der Waals surface area (Å²) in [5.74, 6) is 0.777. The molecule has 1 atom stereocenters. The number of halogens is 1. The lowest BCUT2D eigenvalue weighted by Crippen LogP contribution is -2.48. The van der Waals surface area contributed by atoms with Gasteiger partial charge in [-0.1, -0.05) is 41.9 Å². The molecule has 0 bridgehead atoms. The van der Waals surface area contributed by atoms with Crippen LogP contribution in [0.3, 0.4) is 0 Å². The van der Waals surface area contributed by atoms with Crippen LogP contribution in [-0.2, 0) is 11.2 Å². The third-order valence-corrected chi connectivity index (χ3v) is 6.69. The molecule has 30 heavy (non-hydrogen) atoms. The zero-order valence-electron chi connectivity index (χ0n) is 17.3. The average molecular weight is 425 g/mol. The van der Waals surface area contributed by atoms with Crippen LogP contribution in [0, 0.1) is 11.8 Å². The molecule has 2 aliphatic rings. The molecule has 4 nitrogen and oxygen atoms in total. The molecule has 2 fully saturated rings. The lowest BCUT2D eigenvalue weighted by atomic mass is 9.89. The molecule has 4 rings (SSSR count). The maximum Gasteiger partial charge on any atom is 0.253 e. The Morgan fingerprint density at radius 1 is 0.867 bits per heavy atom. The van der Waals surface area contributed by atoms with Gasteiger partial charge in [0.05, 0.1) is 5.92 Å². The highest BCUT2D eigenvalue weighted by molar-refractivity contribution is 6.30. The van der Waals surface area contributed by atoms with Gasteiger partial charge in [-0.15, -0.1) is 0 Å². The second-order valence-electron chi connectivity index (χ2n) is 8.56. The van der Waals surface area contributed by atoms with Gasteiger partial charge in [0.15, 0.2) is 0 Å². The summed E-state index contributed by atoms with van der Waals surface area (Å²) in [4.78, 5) is 29.8. The first kappa shape index (κ1) is 20.9. The molecule has 0 saturated carbocycles. The summed E-state index contributed by atoms with van der Waals surface area (Å²) in [6.07, 6.45) is 4.95. The molecule has 0 spiro atoms. The molecule has 158 valence electrons. The molecule has 0 radical (unpaired) electrons. The molecule has 0 aromatic heterocycles. The normalized spacial score (nSPS) is 20.2. The van der Waals surface area contributed by atoms with Crippen LogP contribution in [0.15, 0.2) is 54.6 Å². The van der Waals surface area contributed by atoms with Gasteiger partial charge in [0.25, 0.3) is 5.91 Å². The number of benzene rings is 2. The number of hydrogen-bond donors (Lipinski definition) is 0. The summed E-state index contributed by atoms with van der Waals surface area (Å²) in [5.41, 5.74) is 2.01. The van der Waals surface area contributed by atoms with E-state index in [-0.39, 0.29) is 17.7 Å². The zero-order valence-corrected chi connectivity index (χ0v) is 18.1. The number of nitrogens with zero attached hydrogens (tertiary/aromatic N) is 2. The topological polar surface area (TPSA) is 40.6 Å². The Labute approximate surface area is 183 Å². The molecule has 0 aliphatic carbocycles. The number of amides is 2. The number of hydrogen-bond acceptors (Lipinski definition) is 2. The smallest absolute Gasteiger partial charge is 0.253 e. The summed E-state index contributed by atoms with van der Waals surface area (Å²) >= 11 is 5.93. The molecular weight excluding hydrogens is 396 g/mol. The van der Waals surface area contributed by atoms with Crippen molar-refractivity contribution in [3.8, 4) is 0 Å². The monoisotopic (exact) mass is 424 g/mol. The van der Waals surface area contributed by atoms with Crippen molar-refractivity contribution < 1.29 is 9.59 Å². The Kier molecular flexibility index (Phi) is 6.73. The Hall–Kier alpha value is -2.33. The summed E-state index contributed by atoms with van der Waals surface area (Å²) in [6, 6.07) is 17.6. The standard InChI is InChI=1S/C25H29ClN2O2/c26-23-10-8-21(9-11-23)24(29)28-14-4-7-22(18-28)25(30)27-15-12-20(13-16-27)17-19-5-2-1-3-6-19/h1-3,5-6,8-11,20,22H,4,7,12-18H2/t22-/m0/s1. The lowest BCUT2D eigenvalue weighted by molar-refractivity contribution is -0.138. The van der Waals surface area contributed by atoms with Gasteiger partial charge < -0.3 is 9.80 Å². The Balaban J connectivity index is 1.30. The predicted molar refractivity (Wildman–Crippen MR) is 120 cm³/mol. The molecule has 2 aliphatic heterocycles. The first-order valence-corrected chi connectivity index (χ1v) is 11.4. The first-order valence-electron chi connectivity index (χ1n) is 11.0. The first-order chi connectivity index (χ1) is 14.6. The van der Waals surface area contributed by atoms with Crippen LogP contribution in [0.2, 0.25) is 5.02 Å². The number of piperidine rings is 2. The largest absolute Gasteiger partial charge is 0.342 e. The minimum Gasteiger partial charge on any atom is -0.342 e. The Morgan fingerprint density at radius 3 is 2.27 bits per heavy atom. The van der Waals surface area contributed by atoms with E-state index in [0.717, 1.165) is 45.2 Å². The van der Waals surface area contributed by atoms with Crippen LogP contribution >= 0.6 is 11.6 Å². The van der Waals surface area contributed by atoms with Crippen molar-refractivity contribution in [2.45, 2.75) is 32.1 Å². The van der Waals surface area contributed by atoms with Crippen molar-refractivity contribution >= 4 is 23.4 Å². The van der Waals surface area contributed by atoms with Crippen molar-refractivity contribution in [2.24, 2.45) is 11.8 Å². The van der Waals surface area contributed by atoms with Crippen molar-refractivity contribution in [1.29, 1.82) is 0 Å². The van der Waals surface area contributed by atoms with E-state index in [1.807, 2.05) is 9.80 Å². The van der Waals surface area contributed by atoms with Gasteiger partial charge in [0.2, 0.25) is 5.91 Å². The zero-order chi connectivity index (χ0) is 20.9. The molecule has 0 N–H and O–H groups in total. The van der Waals surface area contributed by atoms with E-state index >= 15 is 0 Å². The minimum absolute atomic E-state index is 0.00858. The van der Waals surface area contributed by atoms with Crippen molar-refractivity contribution in [3.63, 3.8) is 0 Å².